The zero-order valence-electron chi connectivity index (χ0n) is 6.20. The van der Waals surface area contributed by atoms with Gasteiger partial charge in [-0.15, -0.1) is 12.3 Å². The Labute approximate surface area is 108 Å². The molecule has 10 heteroatoms. The van der Waals surface area contributed by atoms with Crippen molar-refractivity contribution in [2.24, 2.45) is 0 Å². The molecule has 1 aromatic rings. The number of rotatable bonds is 0. The fourth-order valence-corrected chi connectivity index (χ4v) is 1.05. The molecule has 67 valence electrons. The van der Waals surface area contributed by atoms with E-state index in [4.69, 9.17) is 35.3 Å². The number of nitrogens with zero attached hydrogens (tertiary/aromatic N) is 3. The van der Waals surface area contributed by atoms with Gasteiger partial charge in [-0.25, -0.2) is 14.4 Å². The van der Waals surface area contributed by atoms with Crippen LogP contribution in [0.25, 0.3) is 0 Å². The second-order valence-corrected chi connectivity index (χ2v) is 2.70. The maximum absolute atomic E-state index is 10.8. The van der Waals surface area contributed by atoms with E-state index in [1.165, 1.54) is 0 Å². The van der Waals surface area contributed by atoms with Crippen molar-refractivity contribution in [1.29, 1.82) is 0 Å². The molecule has 0 spiro atoms. The Balaban J connectivity index is 0.00000144. The minimum Gasteiger partial charge on any atom is -0.244 e. The summed E-state index contributed by atoms with van der Waals surface area (Å²) in [6.45, 7) is 0. The molecule has 1 radical (unpaired) electrons. The van der Waals surface area contributed by atoms with Crippen LogP contribution in [0.2, 0.25) is 0 Å². The van der Waals surface area contributed by atoms with Crippen molar-refractivity contribution in [3.63, 3.8) is 0 Å². The van der Waals surface area contributed by atoms with Crippen LogP contribution in [0.5, 0.6) is 0 Å². The van der Waals surface area contributed by atoms with Crippen molar-refractivity contribution in [3.8, 4) is 0 Å². The van der Waals surface area contributed by atoms with Gasteiger partial charge >= 0.3 is 17.1 Å². The molecule has 0 amide bonds. The summed E-state index contributed by atoms with van der Waals surface area (Å²) < 4.78 is 0.254. The molecule has 0 aromatic carbocycles. The third-order valence-corrected chi connectivity index (χ3v) is 1.88. The van der Waals surface area contributed by atoms with Crippen LogP contribution in [0.4, 0.5) is 0 Å². The van der Waals surface area contributed by atoms with Gasteiger partial charge < -0.3 is 0 Å². The Kier molecular flexibility index (Phi) is 4.78. The van der Waals surface area contributed by atoms with Gasteiger partial charge in [-0.2, -0.15) is 0 Å². The normalized spacial score (nSPS) is 9.46. The molecule has 0 aliphatic carbocycles. The summed E-state index contributed by atoms with van der Waals surface area (Å²) in [6.07, 6.45) is 0. The molecule has 0 atom stereocenters. The molecule has 0 saturated heterocycles. The number of aromatic nitrogens is 3. The molecular formula is C3Cl3N3NaO3. The Bertz CT molecular complexity index is 386. The Morgan fingerprint density at radius 2 is 0.846 bits per heavy atom. The fraction of sp³-hybridized carbons (Fsp3) is 0. The van der Waals surface area contributed by atoms with E-state index in [2.05, 4.69) is 0 Å². The Hall–Kier alpha value is 0.280. The van der Waals surface area contributed by atoms with E-state index < -0.39 is 17.1 Å². The summed E-state index contributed by atoms with van der Waals surface area (Å²) in [5.74, 6) is 0. The number of hydrogen-bond donors (Lipinski definition) is 0. The van der Waals surface area contributed by atoms with Crippen molar-refractivity contribution in [2.45, 2.75) is 0 Å². The van der Waals surface area contributed by atoms with E-state index in [-0.39, 0.29) is 41.8 Å². The molecule has 0 saturated carbocycles. The molecule has 1 rings (SSSR count). The van der Waals surface area contributed by atoms with Crippen molar-refractivity contribution in [2.75, 3.05) is 0 Å². The van der Waals surface area contributed by atoms with E-state index >= 15 is 0 Å². The smallest absolute Gasteiger partial charge is 0.244 e. The summed E-state index contributed by atoms with van der Waals surface area (Å²) in [5.41, 5.74) is -3.49. The van der Waals surface area contributed by atoms with Gasteiger partial charge in [0, 0.05) is 64.9 Å². The van der Waals surface area contributed by atoms with Crippen LogP contribution in [0.3, 0.4) is 0 Å². The first kappa shape index (κ1) is 13.3. The van der Waals surface area contributed by atoms with Crippen molar-refractivity contribution >= 4 is 64.9 Å². The molecule has 0 aliphatic heterocycles. The second kappa shape index (κ2) is 4.68. The molecule has 6 nitrogen and oxygen atoms in total. The van der Waals surface area contributed by atoms with Crippen LogP contribution in [-0.2, 0) is 0 Å². The third kappa shape index (κ3) is 2.20. The summed E-state index contributed by atoms with van der Waals surface area (Å²) in [6, 6.07) is 0. The average Bonchev–Trinajstić information content (AvgIpc) is 2.08. The molecule has 1 heterocycles. The maximum Gasteiger partial charge on any atom is 0.366 e. The van der Waals surface area contributed by atoms with Gasteiger partial charge in [0.25, 0.3) is 0 Å². The average molecular weight is 255 g/mol. The number of hydrogen-bond acceptors (Lipinski definition) is 3. The third-order valence-electron chi connectivity index (χ3n) is 1.01. The predicted molar refractivity (Wildman–Crippen MR) is 48.7 cm³/mol. The van der Waals surface area contributed by atoms with Crippen LogP contribution in [0.1, 0.15) is 0 Å². The molecule has 1 aromatic heterocycles. The first-order valence-electron chi connectivity index (χ1n) is 2.46. The molecule has 13 heavy (non-hydrogen) atoms. The zero-order valence-corrected chi connectivity index (χ0v) is 10.5. The van der Waals surface area contributed by atoms with Gasteiger partial charge in [-0.3, -0.25) is 0 Å². The van der Waals surface area contributed by atoms with Crippen LogP contribution in [0.15, 0.2) is 14.4 Å². The van der Waals surface area contributed by atoms with Gasteiger partial charge in [0.05, 0.1) is 0 Å². The summed E-state index contributed by atoms with van der Waals surface area (Å²) in [4.78, 5) is 32.3. The number of halogens is 3. The summed E-state index contributed by atoms with van der Waals surface area (Å²) >= 11 is 15.3. The van der Waals surface area contributed by atoms with Crippen molar-refractivity contribution < 1.29 is 0 Å². The predicted octanol–water partition coefficient (Wildman–Crippen LogP) is -1.20. The zero-order chi connectivity index (χ0) is 9.46. The second-order valence-electron chi connectivity index (χ2n) is 1.69. The van der Waals surface area contributed by atoms with E-state index in [1.807, 2.05) is 0 Å². The van der Waals surface area contributed by atoms with Crippen LogP contribution in [0, 0.1) is 0 Å². The molecule has 0 unspecified atom stereocenters. The largest absolute Gasteiger partial charge is 0.366 e. The minimum absolute atomic E-state index is 0. The minimum atomic E-state index is -1.16. The van der Waals surface area contributed by atoms with Crippen LogP contribution < -0.4 is 17.1 Å². The topological polar surface area (TPSA) is 66.0 Å². The first-order chi connectivity index (χ1) is 5.46. The van der Waals surface area contributed by atoms with E-state index in [0.29, 0.717) is 0 Å². The standard InChI is InChI=1S/C3Cl3N3O3.Na/c4-7-1(10)8(5)3(12)9(6)2(7)11;. The van der Waals surface area contributed by atoms with Crippen molar-refractivity contribution in [3.05, 3.63) is 31.5 Å². The molecule has 0 fully saturated rings. The molecule has 0 bridgehead atoms. The van der Waals surface area contributed by atoms with Crippen molar-refractivity contribution in [1.82, 2.24) is 12.3 Å². The van der Waals surface area contributed by atoms with Gasteiger partial charge in [0.1, 0.15) is 0 Å². The van der Waals surface area contributed by atoms with Gasteiger partial charge in [0.2, 0.25) is 0 Å². The quantitative estimate of drug-likeness (QED) is 0.547. The van der Waals surface area contributed by atoms with E-state index in [0.717, 1.165) is 0 Å². The first-order valence-corrected chi connectivity index (χ1v) is 3.48. The summed E-state index contributed by atoms with van der Waals surface area (Å²) in [5, 5.41) is 0. The van der Waals surface area contributed by atoms with Gasteiger partial charge in [0.15, 0.2) is 0 Å². The summed E-state index contributed by atoms with van der Waals surface area (Å²) in [7, 11) is 0. The fourth-order valence-electron chi connectivity index (χ4n) is 0.477. The Morgan fingerprint density at radius 3 is 1.00 bits per heavy atom. The van der Waals surface area contributed by atoms with Gasteiger partial charge in [-0.05, 0) is 0 Å². The van der Waals surface area contributed by atoms with Crippen LogP contribution >= 0.6 is 35.3 Å². The SMILES string of the molecule is O=c1n(Cl)c(=O)n(Cl)c(=O)n1Cl.[Na]. The molecule has 0 N–H and O–H groups in total. The van der Waals surface area contributed by atoms with Gasteiger partial charge in [-0.1, -0.05) is 0 Å². The maximum atomic E-state index is 10.8. The Morgan fingerprint density at radius 1 is 0.692 bits per heavy atom. The monoisotopic (exact) mass is 254 g/mol. The van der Waals surface area contributed by atoms with E-state index in [1.54, 1.807) is 0 Å². The van der Waals surface area contributed by atoms with Crippen LogP contribution in [-0.4, -0.2) is 41.8 Å². The molecule has 0 aliphatic rings. The molecular weight excluding hydrogens is 255 g/mol. The van der Waals surface area contributed by atoms with E-state index in [9.17, 15) is 14.4 Å².